The van der Waals surface area contributed by atoms with E-state index in [0.717, 1.165) is 24.0 Å². The first-order chi connectivity index (χ1) is 21.9. The fourth-order valence-electron chi connectivity index (χ4n) is 4.60. The summed E-state index contributed by atoms with van der Waals surface area (Å²) in [7, 11) is 1.31. The van der Waals surface area contributed by atoms with Gasteiger partial charge in [0, 0.05) is 39.3 Å². The van der Waals surface area contributed by atoms with Crippen molar-refractivity contribution in [2.24, 2.45) is 0 Å². The predicted molar refractivity (Wildman–Crippen MR) is 171 cm³/mol. The third-order valence-corrected chi connectivity index (χ3v) is 6.87. The average Bonchev–Trinajstić information content (AvgIpc) is 3.05. The third-order valence-electron chi connectivity index (χ3n) is 6.87. The largest absolute Gasteiger partial charge is 0.469 e. The summed E-state index contributed by atoms with van der Waals surface area (Å²) in [6.45, 7) is 7.80. The first-order valence-corrected chi connectivity index (χ1v) is 15.6. The fraction of sp³-hybridized carbons (Fsp3) is 0.515. The molecule has 3 N–H and O–H groups in total. The molecule has 0 aliphatic carbocycles. The van der Waals surface area contributed by atoms with Crippen LogP contribution in [0.4, 0.5) is 9.59 Å². The zero-order valence-corrected chi connectivity index (χ0v) is 26.8. The van der Waals surface area contributed by atoms with Gasteiger partial charge in [-0.25, -0.2) is 9.59 Å². The number of hydrogen-bond donors (Lipinski definition) is 3. The molecule has 12 nitrogen and oxygen atoms in total. The molecule has 1 unspecified atom stereocenters. The summed E-state index contributed by atoms with van der Waals surface area (Å²) in [6.07, 6.45) is 0.646. The summed E-state index contributed by atoms with van der Waals surface area (Å²) in [4.78, 5) is 53.9. The van der Waals surface area contributed by atoms with Gasteiger partial charge in [-0.05, 0) is 37.1 Å². The van der Waals surface area contributed by atoms with Gasteiger partial charge in [0.15, 0.2) is 0 Å². The number of nitrogens with one attached hydrogen (secondary N) is 3. The molecule has 0 saturated carbocycles. The van der Waals surface area contributed by atoms with Crippen molar-refractivity contribution >= 4 is 24.1 Å². The number of carbonyl (C=O) groups excluding carboxylic acids is 4. The Balaban J connectivity index is 1.98. The van der Waals surface area contributed by atoms with Gasteiger partial charge in [-0.1, -0.05) is 74.5 Å². The van der Waals surface area contributed by atoms with Crippen LogP contribution in [0.25, 0.3) is 0 Å². The lowest BCUT2D eigenvalue weighted by molar-refractivity contribution is -0.140. The van der Waals surface area contributed by atoms with Crippen molar-refractivity contribution in [2.45, 2.75) is 52.4 Å². The number of methoxy groups -OCH3 is 1. The highest BCUT2D eigenvalue weighted by molar-refractivity contribution is 5.82. The summed E-state index contributed by atoms with van der Waals surface area (Å²) in [5.41, 5.74) is 1.79. The van der Waals surface area contributed by atoms with Crippen LogP contribution < -0.4 is 16.0 Å². The molecule has 0 aromatic heterocycles. The molecular formula is C33H49N5O7. The SMILES string of the molecule is CCCN(CCNC(=O)OCc1ccccc1)CC(C(=O)NCCC(=O)OC)N(CCC)CCNC(=O)OCc1ccccc1. The summed E-state index contributed by atoms with van der Waals surface area (Å²) in [5, 5.41) is 8.44. The number of ether oxygens (including phenoxy) is 3. The van der Waals surface area contributed by atoms with E-state index in [-0.39, 0.29) is 38.6 Å². The van der Waals surface area contributed by atoms with Gasteiger partial charge in [0.05, 0.1) is 13.5 Å². The first kappa shape index (κ1) is 37.0. The quantitative estimate of drug-likeness (QED) is 0.141. The molecule has 2 aromatic rings. The zero-order chi connectivity index (χ0) is 32.7. The lowest BCUT2D eigenvalue weighted by Crippen LogP contribution is -2.55. The van der Waals surface area contributed by atoms with Crippen molar-refractivity contribution in [3.8, 4) is 0 Å². The number of alkyl carbamates (subject to hydrolysis) is 2. The highest BCUT2D eigenvalue weighted by Gasteiger charge is 2.28. The molecule has 0 bridgehead atoms. The van der Waals surface area contributed by atoms with Crippen LogP contribution in [0.3, 0.4) is 0 Å². The Morgan fingerprint density at radius 2 is 1.22 bits per heavy atom. The molecule has 0 spiro atoms. The summed E-state index contributed by atoms with van der Waals surface area (Å²) >= 11 is 0. The van der Waals surface area contributed by atoms with Gasteiger partial charge in [0.1, 0.15) is 19.3 Å². The van der Waals surface area contributed by atoms with Crippen molar-refractivity contribution in [3.05, 3.63) is 71.8 Å². The van der Waals surface area contributed by atoms with Gasteiger partial charge < -0.3 is 30.2 Å². The number of benzene rings is 2. The van der Waals surface area contributed by atoms with Crippen LogP contribution >= 0.6 is 0 Å². The van der Waals surface area contributed by atoms with Crippen molar-refractivity contribution in [3.63, 3.8) is 0 Å². The van der Waals surface area contributed by atoms with Crippen molar-refractivity contribution < 1.29 is 33.4 Å². The minimum atomic E-state index is -0.568. The lowest BCUT2D eigenvalue weighted by Gasteiger charge is -2.34. The summed E-state index contributed by atoms with van der Waals surface area (Å²) in [5.74, 6) is -0.636. The first-order valence-electron chi connectivity index (χ1n) is 15.6. The second-order valence-corrected chi connectivity index (χ2v) is 10.4. The Hall–Kier alpha value is -4.16. The van der Waals surface area contributed by atoms with Crippen LogP contribution in [-0.2, 0) is 37.0 Å². The third kappa shape index (κ3) is 15.9. The number of amides is 3. The fourth-order valence-corrected chi connectivity index (χ4v) is 4.60. The number of nitrogens with zero attached hydrogens (tertiary/aromatic N) is 2. The summed E-state index contributed by atoms with van der Waals surface area (Å²) < 4.78 is 15.3. The molecule has 45 heavy (non-hydrogen) atoms. The number of hydrogen-bond acceptors (Lipinski definition) is 9. The molecule has 248 valence electrons. The zero-order valence-electron chi connectivity index (χ0n) is 26.8. The Morgan fingerprint density at radius 1 is 0.689 bits per heavy atom. The van der Waals surface area contributed by atoms with Gasteiger partial charge in [-0.2, -0.15) is 0 Å². The molecule has 3 amide bonds. The smallest absolute Gasteiger partial charge is 0.407 e. The van der Waals surface area contributed by atoms with Crippen LogP contribution in [0.5, 0.6) is 0 Å². The van der Waals surface area contributed by atoms with Gasteiger partial charge in [0.25, 0.3) is 0 Å². The van der Waals surface area contributed by atoms with E-state index in [1.54, 1.807) is 0 Å². The van der Waals surface area contributed by atoms with Gasteiger partial charge >= 0.3 is 18.2 Å². The monoisotopic (exact) mass is 627 g/mol. The van der Waals surface area contributed by atoms with Crippen LogP contribution in [0.1, 0.15) is 44.2 Å². The predicted octanol–water partition coefficient (Wildman–Crippen LogP) is 3.31. The molecule has 1 atom stereocenters. The molecular weight excluding hydrogens is 578 g/mol. The minimum absolute atomic E-state index is 0.0607. The second-order valence-electron chi connectivity index (χ2n) is 10.4. The van der Waals surface area contributed by atoms with Crippen molar-refractivity contribution in [2.75, 3.05) is 59.5 Å². The van der Waals surface area contributed by atoms with E-state index < -0.39 is 24.2 Å². The van der Waals surface area contributed by atoms with Crippen LogP contribution in [0.15, 0.2) is 60.7 Å². The van der Waals surface area contributed by atoms with Gasteiger partial charge in [-0.3, -0.25) is 19.4 Å². The van der Waals surface area contributed by atoms with E-state index in [9.17, 15) is 19.2 Å². The van der Waals surface area contributed by atoms with Crippen molar-refractivity contribution in [1.29, 1.82) is 0 Å². The van der Waals surface area contributed by atoms with Crippen LogP contribution in [0, 0.1) is 0 Å². The molecule has 12 heteroatoms. The highest BCUT2D eigenvalue weighted by atomic mass is 16.6. The minimum Gasteiger partial charge on any atom is -0.469 e. The molecule has 0 fully saturated rings. The van der Waals surface area contributed by atoms with Gasteiger partial charge in [-0.15, -0.1) is 0 Å². The topological polar surface area (TPSA) is 139 Å². The molecule has 2 aromatic carbocycles. The Kier molecular flexibility index (Phi) is 18.4. The number of rotatable bonds is 21. The van der Waals surface area contributed by atoms with Gasteiger partial charge in [0.2, 0.25) is 5.91 Å². The maximum Gasteiger partial charge on any atom is 0.407 e. The molecule has 0 saturated heterocycles. The van der Waals surface area contributed by atoms with Crippen LogP contribution in [-0.4, -0.2) is 99.4 Å². The molecule has 0 radical (unpaired) electrons. The normalized spacial score (nSPS) is 11.5. The number of carbonyl (C=O) groups is 4. The Bertz CT molecular complexity index is 1140. The van der Waals surface area contributed by atoms with E-state index in [4.69, 9.17) is 14.2 Å². The Morgan fingerprint density at radius 3 is 1.73 bits per heavy atom. The average molecular weight is 628 g/mol. The molecule has 0 heterocycles. The van der Waals surface area contributed by atoms with E-state index in [1.807, 2.05) is 72.5 Å². The molecule has 0 aliphatic rings. The lowest BCUT2D eigenvalue weighted by atomic mass is 10.1. The maximum atomic E-state index is 13.5. The van der Waals surface area contributed by atoms with E-state index in [2.05, 4.69) is 27.8 Å². The molecule has 0 aliphatic heterocycles. The molecule has 2 rings (SSSR count). The van der Waals surface area contributed by atoms with Crippen molar-refractivity contribution in [1.82, 2.24) is 25.8 Å². The maximum absolute atomic E-state index is 13.5. The summed E-state index contributed by atoms with van der Waals surface area (Å²) in [6, 6.07) is 18.3. The Labute approximate surface area is 266 Å². The van der Waals surface area contributed by atoms with E-state index in [1.165, 1.54) is 7.11 Å². The number of esters is 1. The second kappa shape index (κ2) is 22.4. The van der Waals surface area contributed by atoms with E-state index >= 15 is 0 Å². The van der Waals surface area contributed by atoms with Crippen LogP contribution in [0.2, 0.25) is 0 Å². The highest BCUT2D eigenvalue weighted by Crippen LogP contribution is 2.07. The van der Waals surface area contributed by atoms with E-state index in [0.29, 0.717) is 39.3 Å². The standard InChI is InChI=1S/C33H49N5O7/c1-4-20-37(22-18-35-32(41)44-25-27-12-8-6-9-13-27)24-29(31(40)34-17-16-30(39)43-3)38(21-5-2)23-19-36-33(42)45-26-28-14-10-7-11-15-28/h6-15,29H,4-5,16-26H2,1-3H3,(H,34,40)(H,35,41)(H,36,42).